The summed E-state index contributed by atoms with van der Waals surface area (Å²) in [5.41, 5.74) is 4.84. The monoisotopic (exact) mass is 192 g/mol. The van der Waals surface area contributed by atoms with Crippen LogP contribution in [0.25, 0.3) is 0 Å². The van der Waals surface area contributed by atoms with Crippen LogP contribution in [-0.4, -0.2) is 28.2 Å². The smallest absolute Gasteiger partial charge is 0.321 e. The molecule has 0 saturated carbocycles. The summed E-state index contributed by atoms with van der Waals surface area (Å²) in [7, 11) is 0. The van der Waals surface area contributed by atoms with Crippen LogP contribution in [0.2, 0.25) is 0 Å². The molecule has 0 aliphatic carbocycles. The van der Waals surface area contributed by atoms with E-state index >= 15 is 0 Å². The van der Waals surface area contributed by atoms with Gasteiger partial charge < -0.3 is 15.9 Å². The molecule has 0 rings (SSSR count). The van der Waals surface area contributed by atoms with Crippen molar-refractivity contribution in [2.75, 3.05) is 0 Å². The van der Waals surface area contributed by atoms with E-state index in [1.54, 1.807) is 0 Å². The zero-order valence-electron chi connectivity index (χ0n) is 4.91. The van der Waals surface area contributed by atoms with Crippen LogP contribution in [0, 0.1) is 0 Å². The zero-order chi connectivity index (χ0) is 7.44. The molecule has 5 nitrogen and oxygen atoms in total. The minimum atomic E-state index is -1.29. The molecular weight excluding hydrogens is 185 g/mol. The van der Waals surface area contributed by atoms with E-state index in [2.05, 4.69) is 0 Å². The van der Waals surface area contributed by atoms with E-state index in [0.29, 0.717) is 0 Å². The Kier molecular flexibility index (Phi) is 6.32. The molecule has 0 spiro atoms. The number of carboxylic acid groups (broad SMARTS) is 2. The second-order valence-electron chi connectivity index (χ2n) is 1.54. The molecule has 0 saturated heterocycles. The second-order valence-corrected chi connectivity index (χ2v) is 1.54. The molecule has 1 radical (unpaired) electrons. The Balaban J connectivity index is 0. The van der Waals surface area contributed by atoms with Crippen molar-refractivity contribution in [1.82, 2.24) is 0 Å². The maximum atomic E-state index is 9.85. The summed E-state index contributed by atoms with van der Waals surface area (Å²) in [6.45, 7) is 0. The molecule has 0 unspecified atom stereocenters. The summed E-state index contributed by atoms with van der Waals surface area (Å²) in [5.74, 6) is -2.50. The average Bonchev–Trinajstić information content (AvgIpc) is 1.63. The van der Waals surface area contributed by atoms with Gasteiger partial charge in [-0.25, -0.2) is 0 Å². The standard InChI is InChI=1S/C4H7NO4.Co/c5-2(4(8)9)1-3(6)7;/h2H,1,5H2,(H,6,7)(H,8,9);/t2-;/m0./s1. The van der Waals surface area contributed by atoms with Gasteiger partial charge in [-0.3, -0.25) is 9.59 Å². The quantitative estimate of drug-likeness (QED) is 0.525. The Morgan fingerprint density at radius 1 is 1.40 bits per heavy atom. The van der Waals surface area contributed by atoms with Gasteiger partial charge in [0.05, 0.1) is 6.42 Å². The van der Waals surface area contributed by atoms with E-state index in [9.17, 15) is 9.59 Å². The second kappa shape index (κ2) is 5.21. The van der Waals surface area contributed by atoms with Crippen LogP contribution in [0.15, 0.2) is 0 Å². The molecule has 0 aliphatic heterocycles. The molecule has 4 N–H and O–H groups in total. The van der Waals surface area contributed by atoms with Crippen molar-refractivity contribution < 1.29 is 36.6 Å². The summed E-state index contributed by atoms with van der Waals surface area (Å²) in [6.07, 6.45) is -0.532. The van der Waals surface area contributed by atoms with Crippen molar-refractivity contribution in [3.63, 3.8) is 0 Å². The predicted octanol–water partition coefficient (Wildman–Crippen LogP) is -1.13. The minimum absolute atomic E-state index is 0. The summed E-state index contributed by atoms with van der Waals surface area (Å²) >= 11 is 0. The number of nitrogens with two attached hydrogens (primary N) is 1. The minimum Gasteiger partial charge on any atom is -0.481 e. The Bertz CT molecular complexity index is 137. The van der Waals surface area contributed by atoms with Crippen molar-refractivity contribution in [2.45, 2.75) is 12.5 Å². The van der Waals surface area contributed by atoms with E-state index in [-0.39, 0.29) is 16.8 Å². The van der Waals surface area contributed by atoms with Crippen molar-refractivity contribution in [3.8, 4) is 0 Å². The van der Waals surface area contributed by atoms with Gasteiger partial charge in [-0.05, 0) is 0 Å². The first kappa shape index (κ1) is 12.1. The van der Waals surface area contributed by atoms with E-state index in [0.717, 1.165) is 0 Å². The Morgan fingerprint density at radius 3 is 1.90 bits per heavy atom. The van der Waals surface area contributed by atoms with Crippen molar-refractivity contribution in [1.29, 1.82) is 0 Å². The van der Waals surface area contributed by atoms with Gasteiger partial charge in [-0.15, -0.1) is 0 Å². The fourth-order valence-corrected chi connectivity index (χ4v) is 0.275. The molecule has 0 aromatic carbocycles. The van der Waals surface area contributed by atoms with Crippen LogP contribution in [-0.2, 0) is 26.4 Å². The first-order valence-electron chi connectivity index (χ1n) is 2.24. The number of rotatable bonds is 3. The summed E-state index contributed by atoms with van der Waals surface area (Å²) in [6, 6.07) is -1.29. The van der Waals surface area contributed by atoms with Gasteiger partial charge in [0.25, 0.3) is 0 Å². The maximum Gasteiger partial charge on any atom is 0.321 e. The molecule has 0 heterocycles. The molecule has 0 aliphatic rings. The van der Waals surface area contributed by atoms with Gasteiger partial charge in [-0.1, -0.05) is 0 Å². The molecule has 0 fully saturated rings. The number of hydrogen-bond donors (Lipinski definition) is 3. The third kappa shape index (κ3) is 5.54. The molecule has 0 aromatic heterocycles. The van der Waals surface area contributed by atoms with Crippen LogP contribution in [0.1, 0.15) is 6.42 Å². The predicted molar refractivity (Wildman–Crippen MR) is 27.9 cm³/mol. The van der Waals surface area contributed by atoms with Crippen LogP contribution in [0.4, 0.5) is 0 Å². The summed E-state index contributed by atoms with van der Waals surface area (Å²) in [5, 5.41) is 16.0. The van der Waals surface area contributed by atoms with Gasteiger partial charge in [0, 0.05) is 16.8 Å². The van der Waals surface area contributed by atoms with E-state index < -0.39 is 24.4 Å². The van der Waals surface area contributed by atoms with Gasteiger partial charge in [0.2, 0.25) is 0 Å². The average molecular weight is 192 g/mol. The summed E-state index contributed by atoms with van der Waals surface area (Å²) < 4.78 is 0. The topological polar surface area (TPSA) is 101 Å². The maximum absolute atomic E-state index is 9.85. The fraction of sp³-hybridized carbons (Fsp3) is 0.500. The fourth-order valence-electron chi connectivity index (χ4n) is 0.275. The molecule has 10 heavy (non-hydrogen) atoms. The van der Waals surface area contributed by atoms with Gasteiger partial charge in [0.15, 0.2) is 0 Å². The number of carbonyl (C=O) groups is 2. The Labute approximate surface area is 67.4 Å². The van der Waals surface area contributed by atoms with Gasteiger partial charge in [0.1, 0.15) is 6.04 Å². The number of aliphatic carboxylic acids is 2. The summed E-state index contributed by atoms with van der Waals surface area (Å²) in [4.78, 5) is 19.6. The van der Waals surface area contributed by atoms with E-state index in [1.807, 2.05) is 0 Å². The number of carboxylic acids is 2. The first-order valence-corrected chi connectivity index (χ1v) is 2.24. The van der Waals surface area contributed by atoms with Crippen molar-refractivity contribution >= 4 is 11.9 Å². The number of hydrogen-bond acceptors (Lipinski definition) is 3. The first-order chi connectivity index (χ1) is 4.04. The van der Waals surface area contributed by atoms with Crippen LogP contribution < -0.4 is 5.73 Å². The van der Waals surface area contributed by atoms with Gasteiger partial charge >= 0.3 is 11.9 Å². The molecular formula is C4H7CoNO4. The third-order valence-electron chi connectivity index (χ3n) is 0.712. The van der Waals surface area contributed by atoms with Gasteiger partial charge in [-0.2, -0.15) is 0 Å². The van der Waals surface area contributed by atoms with Crippen molar-refractivity contribution in [2.24, 2.45) is 5.73 Å². The molecule has 1 atom stereocenters. The molecule has 6 heteroatoms. The zero-order valence-corrected chi connectivity index (χ0v) is 5.95. The molecule has 61 valence electrons. The van der Waals surface area contributed by atoms with Crippen LogP contribution >= 0.6 is 0 Å². The third-order valence-corrected chi connectivity index (χ3v) is 0.712. The van der Waals surface area contributed by atoms with E-state index in [1.165, 1.54) is 0 Å². The van der Waals surface area contributed by atoms with E-state index in [4.69, 9.17) is 15.9 Å². The van der Waals surface area contributed by atoms with Crippen LogP contribution in [0.3, 0.4) is 0 Å². The SMILES string of the molecule is N[C@@H](CC(=O)O)C(=O)O.[Co]. The Morgan fingerprint density at radius 2 is 1.80 bits per heavy atom. The largest absolute Gasteiger partial charge is 0.481 e. The van der Waals surface area contributed by atoms with Crippen LogP contribution in [0.5, 0.6) is 0 Å². The molecule has 0 aromatic rings. The normalized spacial score (nSPS) is 11.3. The molecule has 0 bridgehead atoms. The van der Waals surface area contributed by atoms with Crippen molar-refractivity contribution in [3.05, 3.63) is 0 Å². The Hall–Kier alpha value is -0.594. The molecule has 0 amide bonds.